The molecule has 1 aliphatic heterocycles. The standard InChI is InChI=1S/C19H20N4/c1-22-17-16(8-5-9-20-17)21-18(22)23-12-19(13-23)10-15(11-19)14-6-3-2-4-7-14/h2-9,15H,10-13H2,1H3. The first-order valence-electron chi connectivity index (χ1n) is 8.31. The largest absolute Gasteiger partial charge is 0.341 e. The molecule has 4 nitrogen and oxygen atoms in total. The smallest absolute Gasteiger partial charge is 0.207 e. The minimum Gasteiger partial charge on any atom is -0.341 e. The second kappa shape index (κ2) is 4.57. The lowest BCUT2D eigenvalue weighted by Gasteiger charge is -2.59. The Kier molecular flexibility index (Phi) is 2.61. The van der Waals surface area contributed by atoms with Crippen LogP contribution in [0.25, 0.3) is 11.2 Å². The number of pyridine rings is 1. The van der Waals surface area contributed by atoms with Crippen molar-refractivity contribution < 1.29 is 0 Å². The van der Waals surface area contributed by atoms with E-state index in [0.29, 0.717) is 5.41 Å². The number of hydrogen-bond acceptors (Lipinski definition) is 3. The second-order valence-electron chi connectivity index (χ2n) is 7.19. The zero-order valence-corrected chi connectivity index (χ0v) is 13.3. The summed E-state index contributed by atoms with van der Waals surface area (Å²) in [7, 11) is 2.07. The predicted octanol–water partition coefficient (Wildman–Crippen LogP) is 3.35. The van der Waals surface area contributed by atoms with Crippen LogP contribution in [-0.2, 0) is 7.05 Å². The molecule has 0 N–H and O–H groups in total. The fourth-order valence-corrected chi connectivity index (χ4v) is 4.40. The Bertz CT molecular complexity index is 853. The summed E-state index contributed by atoms with van der Waals surface area (Å²) in [4.78, 5) is 11.6. The summed E-state index contributed by atoms with van der Waals surface area (Å²) >= 11 is 0. The number of benzene rings is 1. The topological polar surface area (TPSA) is 34.0 Å². The van der Waals surface area contributed by atoms with Crippen molar-refractivity contribution >= 4 is 17.1 Å². The van der Waals surface area contributed by atoms with Crippen LogP contribution >= 0.6 is 0 Å². The number of hydrogen-bond donors (Lipinski definition) is 0. The van der Waals surface area contributed by atoms with E-state index < -0.39 is 0 Å². The third kappa shape index (κ3) is 1.90. The van der Waals surface area contributed by atoms with Crippen LogP contribution in [0.5, 0.6) is 0 Å². The van der Waals surface area contributed by atoms with E-state index in [4.69, 9.17) is 4.98 Å². The molecule has 1 saturated heterocycles. The van der Waals surface area contributed by atoms with Gasteiger partial charge in [0, 0.05) is 31.7 Å². The van der Waals surface area contributed by atoms with Gasteiger partial charge in [-0.1, -0.05) is 30.3 Å². The van der Waals surface area contributed by atoms with Crippen LogP contribution in [0, 0.1) is 5.41 Å². The molecule has 2 aliphatic rings. The molecule has 0 unspecified atom stereocenters. The van der Waals surface area contributed by atoms with E-state index in [1.54, 1.807) is 0 Å². The predicted molar refractivity (Wildman–Crippen MR) is 91.6 cm³/mol. The minimum absolute atomic E-state index is 0.520. The maximum Gasteiger partial charge on any atom is 0.207 e. The number of imidazole rings is 1. The van der Waals surface area contributed by atoms with Gasteiger partial charge in [-0.05, 0) is 36.5 Å². The van der Waals surface area contributed by atoms with Gasteiger partial charge in [0.25, 0.3) is 0 Å². The second-order valence-corrected chi connectivity index (χ2v) is 7.19. The summed E-state index contributed by atoms with van der Waals surface area (Å²) in [6.07, 6.45) is 4.47. The Morgan fingerprint density at radius 2 is 1.83 bits per heavy atom. The van der Waals surface area contributed by atoms with Crippen LogP contribution in [0.15, 0.2) is 48.7 Å². The quantitative estimate of drug-likeness (QED) is 0.728. The van der Waals surface area contributed by atoms with Gasteiger partial charge in [-0.2, -0.15) is 0 Å². The summed E-state index contributed by atoms with van der Waals surface area (Å²) in [5, 5.41) is 0. The van der Waals surface area contributed by atoms with Crippen molar-refractivity contribution in [2.75, 3.05) is 18.0 Å². The molecule has 3 heterocycles. The van der Waals surface area contributed by atoms with Crippen LogP contribution in [0.3, 0.4) is 0 Å². The zero-order valence-electron chi connectivity index (χ0n) is 13.3. The van der Waals surface area contributed by atoms with Crippen LogP contribution in [0.2, 0.25) is 0 Å². The molecule has 5 rings (SSSR count). The van der Waals surface area contributed by atoms with E-state index in [9.17, 15) is 0 Å². The lowest BCUT2D eigenvalue weighted by Crippen LogP contribution is -2.62. The van der Waals surface area contributed by atoms with Gasteiger partial charge in [0.1, 0.15) is 5.52 Å². The van der Waals surface area contributed by atoms with Gasteiger partial charge in [-0.25, -0.2) is 9.97 Å². The Morgan fingerprint density at radius 3 is 2.57 bits per heavy atom. The van der Waals surface area contributed by atoms with Crippen molar-refractivity contribution in [1.29, 1.82) is 0 Å². The lowest BCUT2D eigenvalue weighted by molar-refractivity contribution is 0.0617. The monoisotopic (exact) mass is 304 g/mol. The van der Waals surface area contributed by atoms with Gasteiger partial charge >= 0.3 is 0 Å². The SMILES string of the molecule is Cn1c(N2CC3(CC(c4ccccc4)C3)C2)nc2cccnc21. The summed E-state index contributed by atoms with van der Waals surface area (Å²) in [5.74, 6) is 1.81. The van der Waals surface area contributed by atoms with Gasteiger partial charge in [0.2, 0.25) is 5.95 Å². The molecular formula is C19H20N4. The third-order valence-electron chi connectivity index (χ3n) is 5.57. The van der Waals surface area contributed by atoms with Crippen LogP contribution in [-0.4, -0.2) is 27.6 Å². The molecule has 1 saturated carbocycles. The normalized spacial score (nSPS) is 19.8. The first kappa shape index (κ1) is 13.1. The summed E-state index contributed by atoms with van der Waals surface area (Å²) in [6, 6.07) is 14.9. The molecule has 2 aromatic heterocycles. The maximum atomic E-state index is 4.76. The van der Waals surface area contributed by atoms with Gasteiger partial charge < -0.3 is 4.90 Å². The van der Waals surface area contributed by atoms with Crippen molar-refractivity contribution in [3.8, 4) is 0 Å². The van der Waals surface area contributed by atoms with Gasteiger partial charge in [0.05, 0.1) is 0 Å². The summed E-state index contributed by atoms with van der Waals surface area (Å²) in [6.45, 7) is 2.26. The fraction of sp³-hybridized carbons (Fsp3) is 0.368. The molecule has 0 amide bonds. The van der Waals surface area contributed by atoms with Crippen LogP contribution < -0.4 is 4.90 Å². The number of aryl methyl sites for hydroxylation is 1. The Balaban J connectivity index is 1.31. The lowest BCUT2D eigenvalue weighted by atomic mass is 9.56. The first-order chi connectivity index (χ1) is 11.2. The van der Waals surface area contributed by atoms with E-state index in [2.05, 4.69) is 51.8 Å². The number of nitrogens with zero attached hydrogens (tertiary/aromatic N) is 4. The molecule has 1 spiro atoms. The van der Waals surface area contributed by atoms with Crippen molar-refractivity contribution in [2.45, 2.75) is 18.8 Å². The van der Waals surface area contributed by atoms with E-state index in [1.807, 2.05) is 18.3 Å². The first-order valence-corrected chi connectivity index (χ1v) is 8.31. The number of aromatic nitrogens is 3. The zero-order chi connectivity index (χ0) is 15.4. The highest BCUT2D eigenvalue weighted by atomic mass is 15.4. The molecular weight excluding hydrogens is 284 g/mol. The molecule has 0 radical (unpaired) electrons. The minimum atomic E-state index is 0.520. The average molecular weight is 304 g/mol. The summed E-state index contributed by atoms with van der Waals surface area (Å²) < 4.78 is 2.12. The summed E-state index contributed by atoms with van der Waals surface area (Å²) in [5.41, 5.74) is 3.98. The molecule has 23 heavy (non-hydrogen) atoms. The highest BCUT2D eigenvalue weighted by Crippen LogP contribution is 2.56. The van der Waals surface area contributed by atoms with Crippen molar-refractivity contribution in [3.05, 3.63) is 54.2 Å². The highest BCUT2D eigenvalue weighted by molar-refractivity contribution is 5.74. The van der Waals surface area contributed by atoms with E-state index >= 15 is 0 Å². The number of fused-ring (bicyclic) bond motifs is 1. The Morgan fingerprint density at radius 1 is 1.04 bits per heavy atom. The highest BCUT2D eigenvalue weighted by Gasteiger charge is 2.53. The molecule has 4 heteroatoms. The Hall–Kier alpha value is -2.36. The van der Waals surface area contributed by atoms with Gasteiger partial charge in [0.15, 0.2) is 5.65 Å². The third-order valence-corrected chi connectivity index (χ3v) is 5.57. The molecule has 3 aromatic rings. The number of anilines is 1. The van der Waals surface area contributed by atoms with Crippen LogP contribution in [0.1, 0.15) is 24.3 Å². The van der Waals surface area contributed by atoms with Crippen molar-refractivity contribution in [2.24, 2.45) is 12.5 Å². The van der Waals surface area contributed by atoms with Crippen molar-refractivity contribution in [1.82, 2.24) is 14.5 Å². The average Bonchev–Trinajstić information content (AvgIpc) is 2.83. The van der Waals surface area contributed by atoms with Gasteiger partial charge in [-0.15, -0.1) is 0 Å². The molecule has 1 aliphatic carbocycles. The number of rotatable bonds is 2. The molecule has 116 valence electrons. The molecule has 0 bridgehead atoms. The fourth-order valence-electron chi connectivity index (χ4n) is 4.40. The van der Waals surface area contributed by atoms with Crippen molar-refractivity contribution in [3.63, 3.8) is 0 Å². The van der Waals surface area contributed by atoms with E-state index in [-0.39, 0.29) is 0 Å². The maximum absolute atomic E-state index is 4.76. The molecule has 2 fully saturated rings. The Labute approximate surface area is 135 Å². The van der Waals surface area contributed by atoms with Gasteiger partial charge in [-0.3, -0.25) is 4.57 Å². The molecule has 0 atom stereocenters. The van der Waals surface area contributed by atoms with E-state index in [1.165, 1.54) is 18.4 Å². The van der Waals surface area contributed by atoms with E-state index in [0.717, 1.165) is 36.1 Å². The van der Waals surface area contributed by atoms with Crippen LogP contribution in [0.4, 0.5) is 5.95 Å². The molecule has 1 aromatic carbocycles.